The normalized spacial score (nSPS) is 11.5. The van der Waals surface area contributed by atoms with Crippen LogP contribution in [-0.2, 0) is 16.0 Å². The van der Waals surface area contributed by atoms with Crippen LogP contribution in [0.25, 0.3) is 39.2 Å². The zero-order chi connectivity index (χ0) is 31.7. The summed E-state index contributed by atoms with van der Waals surface area (Å²) >= 11 is 0. The van der Waals surface area contributed by atoms with E-state index in [4.69, 9.17) is 9.47 Å². The van der Waals surface area contributed by atoms with Crippen LogP contribution < -0.4 is 5.56 Å². The molecule has 0 amide bonds. The Morgan fingerprint density at radius 1 is 0.889 bits per heavy atom. The summed E-state index contributed by atoms with van der Waals surface area (Å²) in [5, 5.41) is 18.3. The second-order valence-corrected chi connectivity index (χ2v) is 11.1. The Labute approximate surface area is 256 Å². The molecule has 0 unspecified atom stereocenters. The standard InChI is InChI=1S/C32H28N8O5/c1-32(2,3)45-31(43)40-27-11-5-20(18-39-28(41)12-10-25(35-39)21-13-15-33-16-14-21)17-24(27)29(36-40)26-19-38(37-34-26)23-8-6-22(7-9-23)30(42)44-4/h5-17,19H,18H2,1-4H3. The third kappa shape index (κ3) is 6.09. The topological polar surface area (TPSA) is 149 Å². The fourth-order valence-electron chi connectivity index (χ4n) is 4.68. The summed E-state index contributed by atoms with van der Waals surface area (Å²) in [6.45, 7) is 5.50. The molecule has 2 aromatic carbocycles. The first-order valence-corrected chi connectivity index (χ1v) is 13.9. The van der Waals surface area contributed by atoms with Crippen molar-refractivity contribution in [3.8, 4) is 28.3 Å². The number of ether oxygens (including phenoxy) is 2. The lowest BCUT2D eigenvalue weighted by atomic mass is 10.1. The SMILES string of the molecule is COC(=O)c1ccc(-n2cc(-c3nn(C(=O)OC(C)(C)C)c4ccc(Cn5nc(-c6ccncc6)ccc5=O)cc34)nn2)cc1. The lowest BCUT2D eigenvalue weighted by Crippen LogP contribution is -2.27. The van der Waals surface area contributed by atoms with Gasteiger partial charge in [0.25, 0.3) is 5.56 Å². The zero-order valence-corrected chi connectivity index (χ0v) is 24.9. The summed E-state index contributed by atoms with van der Waals surface area (Å²) in [7, 11) is 1.32. The quantitative estimate of drug-likeness (QED) is 0.248. The van der Waals surface area contributed by atoms with Crippen molar-refractivity contribution in [3.63, 3.8) is 0 Å². The minimum Gasteiger partial charge on any atom is -0.465 e. The van der Waals surface area contributed by atoms with E-state index in [1.54, 1.807) is 75.8 Å². The van der Waals surface area contributed by atoms with E-state index in [-0.39, 0.29) is 12.1 Å². The minimum absolute atomic E-state index is 0.171. The van der Waals surface area contributed by atoms with Crippen LogP contribution in [-0.4, -0.2) is 64.3 Å². The Morgan fingerprint density at radius 3 is 2.36 bits per heavy atom. The highest BCUT2D eigenvalue weighted by Crippen LogP contribution is 2.29. The molecule has 45 heavy (non-hydrogen) atoms. The first kappa shape index (κ1) is 29.1. The molecule has 13 nitrogen and oxygen atoms in total. The van der Waals surface area contributed by atoms with Crippen LogP contribution >= 0.6 is 0 Å². The molecule has 6 aromatic rings. The number of esters is 1. The Kier molecular flexibility index (Phi) is 7.50. The maximum absolute atomic E-state index is 13.2. The summed E-state index contributed by atoms with van der Waals surface area (Å²) < 4.78 is 14.5. The van der Waals surface area contributed by atoms with E-state index >= 15 is 0 Å². The van der Waals surface area contributed by atoms with Gasteiger partial charge in [-0.15, -0.1) is 5.10 Å². The van der Waals surface area contributed by atoms with Crippen molar-refractivity contribution in [1.29, 1.82) is 0 Å². The molecule has 0 bridgehead atoms. The van der Waals surface area contributed by atoms with Gasteiger partial charge in [0.2, 0.25) is 0 Å². The Balaban J connectivity index is 1.40. The molecular formula is C32H28N8O5. The monoisotopic (exact) mass is 604 g/mol. The third-order valence-electron chi connectivity index (χ3n) is 6.77. The molecule has 0 saturated carbocycles. The van der Waals surface area contributed by atoms with Gasteiger partial charge in [-0.25, -0.2) is 19.0 Å². The number of aromatic nitrogens is 8. The highest BCUT2D eigenvalue weighted by Gasteiger charge is 2.24. The van der Waals surface area contributed by atoms with Crippen LogP contribution in [0, 0.1) is 0 Å². The number of benzene rings is 2. The molecule has 0 aliphatic heterocycles. The van der Waals surface area contributed by atoms with Gasteiger partial charge in [-0.2, -0.15) is 14.9 Å². The molecule has 4 heterocycles. The van der Waals surface area contributed by atoms with Gasteiger partial charge in [-0.05, 0) is 80.9 Å². The Hall–Kier alpha value is -5.98. The first-order chi connectivity index (χ1) is 21.6. The number of rotatable bonds is 6. The summed E-state index contributed by atoms with van der Waals surface area (Å²) in [5.41, 5.74) is 3.53. The average molecular weight is 605 g/mol. The Morgan fingerprint density at radius 2 is 1.64 bits per heavy atom. The summed E-state index contributed by atoms with van der Waals surface area (Å²) in [4.78, 5) is 41.8. The highest BCUT2D eigenvalue weighted by molar-refractivity contribution is 5.97. The number of carbonyl (C=O) groups is 2. The molecule has 0 saturated heterocycles. The predicted molar refractivity (Wildman–Crippen MR) is 164 cm³/mol. The van der Waals surface area contributed by atoms with Crippen molar-refractivity contribution >= 4 is 23.0 Å². The molecule has 0 aliphatic rings. The molecule has 0 spiro atoms. The molecule has 0 radical (unpaired) electrons. The van der Waals surface area contributed by atoms with Gasteiger partial charge in [0.1, 0.15) is 17.0 Å². The molecule has 0 fully saturated rings. The van der Waals surface area contributed by atoms with Gasteiger partial charge >= 0.3 is 12.1 Å². The van der Waals surface area contributed by atoms with Crippen LogP contribution in [0.4, 0.5) is 4.79 Å². The fraction of sp³-hybridized carbons (Fsp3) is 0.188. The average Bonchev–Trinajstić information content (AvgIpc) is 3.67. The summed E-state index contributed by atoms with van der Waals surface area (Å²) in [6.07, 6.45) is 4.35. The van der Waals surface area contributed by atoms with Gasteiger partial charge in [-0.3, -0.25) is 9.78 Å². The van der Waals surface area contributed by atoms with Crippen LogP contribution in [0.3, 0.4) is 0 Å². The molecule has 0 aliphatic carbocycles. The highest BCUT2D eigenvalue weighted by atomic mass is 16.6. The molecule has 226 valence electrons. The van der Waals surface area contributed by atoms with Crippen LogP contribution in [0.15, 0.2) is 90.1 Å². The zero-order valence-electron chi connectivity index (χ0n) is 24.9. The fourth-order valence-corrected chi connectivity index (χ4v) is 4.68. The van der Waals surface area contributed by atoms with Gasteiger partial charge in [0, 0.05) is 29.4 Å². The third-order valence-corrected chi connectivity index (χ3v) is 6.77. The minimum atomic E-state index is -0.748. The van der Waals surface area contributed by atoms with Gasteiger partial charge < -0.3 is 9.47 Å². The van der Waals surface area contributed by atoms with Crippen molar-refractivity contribution < 1.29 is 19.1 Å². The van der Waals surface area contributed by atoms with E-state index in [2.05, 4.69) is 25.5 Å². The molecule has 13 heteroatoms. The molecule has 6 rings (SSSR count). The van der Waals surface area contributed by atoms with Crippen LogP contribution in [0.5, 0.6) is 0 Å². The van der Waals surface area contributed by atoms with Crippen molar-refractivity contribution in [2.45, 2.75) is 32.9 Å². The maximum atomic E-state index is 13.2. The van der Waals surface area contributed by atoms with E-state index in [0.29, 0.717) is 39.2 Å². The largest absolute Gasteiger partial charge is 0.465 e. The van der Waals surface area contributed by atoms with Gasteiger partial charge in [0.05, 0.1) is 42.3 Å². The number of hydrogen-bond donors (Lipinski definition) is 0. The Bertz CT molecular complexity index is 2090. The van der Waals surface area contributed by atoms with E-state index in [9.17, 15) is 14.4 Å². The number of pyridine rings is 1. The second-order valence-electron chi connectivity index (χ2n) is 11.1. The van der Waals surface area contributed by atoms with Gasteiger partial charge in [0.15, 0.2) is 0 Å². The van der Waals surface area contributed by atoms with Crippen molar-refractivity contribution in [3.05, 3.63) is 107 Å². The number of carbonyl (C=O) groups excluding carboxylic acids is 2. The summed E-state index contributed by atoms with van der Waals surface area (Å²) in [5.74, 6) is -0.447. The summed E-state index contributed by atoms with van der Waals surface area (Å²) in [6, 6.07) is 18.9. The second kappa shape index (κ2) is 11.6. The molecule has 4 aromatic heterocycles. The number of fused-ring (bicyclic) bond motifs is 1. The molecule has 0 atom stereocenters. The number of methoxy groups -OCH3 is 1. The van der Waals surface area contributed by atoms with E-state index in [1.165, 1.54) is 27.2 Å². The molecule has 0 N–H and O–H groups in total. The lowest BCUT2D eigenvalue weighted by Gasteiger charge is -2.19. The van der Waals surface area contributed by atoms with Crippen LogP contribution in [0.2, 0.25) is 0 Å². The van der Waals surface area contributed by atoms with Crippen molar-refractivity contribution in [2.75, 3.05) is 7.11 Å². The van der Waals surface area contributed by atoms with Crippen molar-refractivity contribution in [2.24, 2.45) is 0 Å². The first-order valence-electron chi connectivity index (χ1n) is 13.9. The van der Waals surface area contributed by atoms with Crippen LogP contribution in [0.1, 0.15) is 36.7 Å². The van der Waals surface area contributed by atoms with Crippen molar-refractivity contribution in [1.82, 2.24) is 39.5 Å². The smallest absolute Gasteiger partial charge is 0.435 e. The number of nitrogens with zero attached hydrogens (tertiary/aromatic N) is 8. The van der Waals surface area contributed by atoms with Gasteiger partial charge in [-0.1, -0.05) is 11.3 Å². The lowest BCUT2D eigenvalue weighted by molar-refractivity contribution is 0.0522. The van der Waals surface area contributed by atoms with E-state index < -0.39 is 17.7 Å². The molecular weight excluding hydrogens is 576 g/mol. The number of hydrogen-bond acceptors (Lipinski definition) is 10. The predicted octanol–water partition coefficient (Wildman–Crippen LogP) is 4.52. The maximum Gasteiger partial charge on any atom is 0.435 e. The van der Waals surface area contributed by atoms with E-state index in [1.807, 2.05) is 24.3 Å². The van der Waals surface area contributed by atoms with E-state index in [0.717, 1.165) is 11.1 Å².